The summed E-state index contributed by atoms with van der Waals surface area (Å²) < 4.78 is 16.0. The predicted octanol–water partition coefficient (Wildman–Crippen LogP) is 2.52. The molecule has 1 atom stereocenters. The first-order valence-corrected chi connectivity index (χ1v) is 10.4. The zero-order valence-corrected chi connectivity index (χ0v) is 18.1. The van der Waals surface area contributed by atoms with Gasteiger partial charge < -0.3 is 29.3 Å². The van der Waals surface area contributed by atoms with E-state index in [-0.39, 0.29) is 37.7 Å². The van der Waals surface area contributed by atoms with Crippen molar-refractivity contribution >= 4 is 17.4 Å². The Morgan fingerprint density at radius 2 is 1.81 bits per heavy atom. The maximum absolute atomic E-state index is 13.0. The lowest BCUT2D eigenvalue weighted by Gasteiger charge is -2.25. The Morgan fingerprint density at radius 3 is 2.47 bits per heavy atom. The number of carbonyl (C=O) groups is 2. The summed E-state index contributed by atoms with van der Waals surface area (Å²) >= 11 is 0. The largest absolute Gasteiger partial charge is 0.507 e. The van der Waals surface area contributed by atoms with Gasteiger partial charge in [-0.1, -0.05) is 12.1 Å². The lowest BCUT2D eigenvalue weighted by atomic mass is 9.95. The number of rotatable bonds is 10. The van der Waals surface area contributed by atoms with Gasteiger partial charge in [0.25, 0.3) is 11.7 Å². The summed E-state index contributed by atoms with van der Waals surface area (Å²) in [5.41, 5.74) is 1.02. The van der Waals surface area contributed by atoms with Gasteiger partial charge in [-0.15, -0.1) is 0 Å². The standard InChI is InChI=1S/C24H27NO7/c1-3-32-18-9-7-16(8-10-18)22(27)20-21(17-5-4-6-19(15-17)30-2)25(24(29)23(20)28)11-13-31-14-12-26/h4-10,15,21,26-27H,3,11-14H2,1-2H3/t21-/m0/s1. The predicted molar refractivity (Wildman–Crippen MR) is 118 cm³/mol. The SMILES string of the molecule is CCOc1ccc(C(O)=C2C(=O)C(=O)N(CCOCCO)[C@H]2c2cccc(OC)c2)cc1. The summed E-state index contributed by atoms with van der Waals surface area (Å²) in [6.45, 7) is 2.61. The Hall–Kier alpha value is -3.36. The molecule has 1 aliphatic heterocycles. The number of methoxy groups -OCH3 is 1. The fourth-order valence-corrected chi connectivity index (χ4v) is 3.63. The van der Waals surface area contributed by atoms with Gasteiger partial charge in [-0.3, -0.25) is 9.59 Å². The molecule has 2 aromatic carbocycles. The number of hydrogen-bond donors (Lipinski definition) is 2. The summed E-state index contributed by atoms with van der Waals surface area (Å²) in [6.07, 6.45) is 0. The Bertz CT molecular complexity index is 984. The van der Waals surface area contributed by atoms with Crippen molar-refractivity contribution < 1.29 is 34.0 Å². The average molecular weight is 441 g/mol. The van der Waals surface area contributed by atoms with Crippen LogP contribution in [0.15, 0.2) is 54.1 Å². The van der Waals surface area contributed by atoms with Gasteiger partial charge in [0.05, 0.1) is 45.2 Å². The molecule has 0 saturated carbocycles. The third kappa shape index (κ3) is 4.92. The third-order valence-corrected chi connectivity index (χ3v) is 5.10. The Kier molecular flexibility index (Phi) is 7.86. The van der Waals surface area contributed by atoms with Gasteiger partial charge in [-0.05, 0) is 48.9 Å². The van der Waals surface area contributed by atoms with Crippen LogP contribution in [0, 0.1) is 0 Å². The molecule has 1 fully saturated rings. The van der Waals surface area contributed by atoms with Gasteiger partial charge >= 0.3 is 0 Å². The van der Waals surface area contributed by atoms with Crippen LogP contribution in [0.4, 0.5) is 0 Å². The van der Waals surface area contributed by atoms with Crippen LogP contribution in [-0.2, 0) is 14.3 Å². The van der Waals surface area contributed by atoms with E-state index >= 15 is 0 Å². The number of carbonyl (C=O) groups excluding carboxylic acids is 2. The Labute approximate surface area is 186 Å². The fourth-order valence-electron chi connectivity index (χ4n) is 3.63. The number of ether oxygens (including phenoxy) is 3. The smallest absolute Gasteiger partial charge is 0.295 e. The monoisotopic (exact) mass is 441 g/mol. The lowest BCUT2D eigenvalue weighted by Crippen LogP contribution is -2.33. The second-order valence-electron chi connectivity index (χ2n) is 7.06. The second-order valence-corrected chi connectivity index (χ2v) is 7.06. The van der Waals surface area contributed by atoms with Gasteiger partial charge in [0.1, 0.15) is 17.3 Å². The molecule has 8 heteroatoms. The molecule has 1 amide bonds. The minimum atomic E-state index is -0.811. The quantitative estimate of drug-likeness (QED) is 0.253. The van der Waals surface area contributed by atoms with Crippen LogP contribution in [0.2, 0.25) is 0 Å². The average Bonchev–Trinajstić information content (AvgIpc) is 3.07. The van der Waals surface area contributed by atoms with E-state index in [1.165, 1.54) is 12.0 Å². The zero-order chi connectivity index (χ0) is 23.1. The highest BCUT2D eigenvalue weighted by Gasteiger charge is 2.46. The highest BCUT2D eigenvalue weighted by molar-refractivity contribution is 6.46. The van der Waals surface area contributed by atoms with Crippen LogP contribution in [0.25, 0.3) is 5.76 Å². The van der Waals surface area contributed by atoms with Crippen LogP contribution in [-0.4, -0.2) is 66.9 Å². The molecule has 170 valence electrons. The van der Waals surface area contributed by atoms with Crippen LogP contribution in [0.5, 0.6) is 11.5 Å². The first-order valence-electron chi connectivity index (χ1n) is 10.4. The number of ketones is 1. The van der Waals surface area contributed by atoms with Gasteiger partial charge in [-0.2, -0.15) is 0 Å². The second kappa shape index (κ2) is 10.8. The maximum Gasteiger partial charge on any atom is 0.295 e. The summed E-state index contributed by atoms with van der Waals surface area (Å²) in [5, 5.41) is 20.0. The van der Waals surface area contributed by atoms with E-state index in [0.717, 1.165) is 0 Å². The molecule has 8 nitrogen and oxygen atoms in total. The third-order valence-electron chi connectivity index (χ3n) is 5.10. The molecule has 1 saturated heterocycles. The summed E-state index contributed by atoms with van der Waals surface area (Å²) in [4.78, 5) is 27.2. The van der Waals surface area contributed by atoms with E-state index in [1.807, 2.05) is 6.92 Å². The molecular weight excluding hydrogens is 414 g/mol. The van der Waals surface area contributed by atoms with Gasteiger partial charge in [0.2, 0.25) is 0 Å². The molecule has 1 aliphatic rings. The molecule has 2 aromatic rings. The highest BCUT2D eigenvalue weighted by atomic mass is 16.5. The first-order chi connectivity index (χ1) is 15.5. The van der Waals surface area contributed by atoms with E-state index in [4.69, 9.17) is 19.3 Å². The van der Waals surface area contributed by atoms with Crippen LogP contribution in [0.3, 0.4) is 0 Å². The van der Waals surface area contributed by atoms with Crippen LogP contribution in [0.1, 0.15) is 24.1 Å². The fraction of sp³-hybridized carbons (Fsp3) is 0.333. The number of nitrogens with zero attached hydrogens (tertiary/aromatic N) is 1. The van der Waals surface area contributed by atoms with Crippen LogP contribution < -0.4 is 9.47 Å². The number of Topliss-reactive ketones (excluding diaryl/α,β-unsaturated/α-hetero) is 1. The minimum Gasteiger partial charge on any atom is -0.507 e. The number of amides is 1. The maximum atomic E-state index is 13.0. The van der Waals surface area contributed by atoms with Crippen molar-refractivity contribution in [1.82, 2.24) is 4.90 Å². The molecule has 2 N–H and O–H groups in total. The molecule has 0 aromatic heterocycles. The summed E-state index contributed by atoms with van der Waals surface area (Å²) in [7, 11) is 1.53. The van der Waals surface area contributed by atoms with Gasteiger partial charge in [0.15, 0.2) is 0 Å². The van der Waals surface area contributed by atoms with E-state index < -0.39 is 17.7 Å². The van der Waals surface area contributed by atoms with Crippen molar-refractivity contribution in [3.63, 3.8) is 0 Å². The van der Waals surface area contributed by atoms with E-state index in [0.29, 0.717) is 29.2 Å². The van der Waals surface area contributed by atoms with Crippen molar-refractivity contribution in [3.8, 4) is 11.5 Å². The Morgan fingerprint density at radius 1 is 1.06 bits per heavy atom. The summed E-state index contributed by atoms with van der Waals surface area (Å²) in [5.74, 6) is -0.567. The lowest BCUT2D eigenvalue weighted by molar-refractivity contribution is -0.140. The van der Waals surface area contributed by atoms with Crippen LogP contribution >= 0.6 is 0 Å². The molecule has 1 heterocycles. The van der Waals surface area contributed by atoms with Crippen molar-refractivity contribution in [1.29, 1.82) is 0 Å². The first kappa shape index (κ1) is 23.3. The van der Waals surface area contributed by atoms with Gasteiger partial charge in [-0.25, -0.2) is 0 Å². The molecule has 0 radical (unpaired) electrons. The normalized spacial score (nSPS) is 17.6. The number of hydrogen-bond acceptors (Lipinski definition) is 7. The molecule has 0 aliphatic carbocycles. The topological polar surface area (TPSA) is 106 Å². The highest BCUT2D eigenvalue weighted by Crippen LogP contribution is 2.40. The van der Waals surface area contributed by atoms with E-state index in [2.05, 4.69) is 0 Å². The molecule has 0 spiro atoms. The molecule has 0 unspecified atom stereocenters. The van der Waals surface area contributed by atoms with Gasteiger partial charge in [0, 0.05) is 12.1 Å². The van der Waals surface area contributed by atoms with Crippen molar-refractivity contribution in [2.75, 3.05) is 40.1 Å². The summed E-state index contributed by atoms with van der Waals surface area (Å²) in [6, 6.07) is 12.9. The molecule has 3 rings (SSSR count). The van der Waals surface area contributed by atoms with E-state index in [1.54, 1.807) is 48.5 Å². The number of benzene rings is 2. The van der Waals surface area contributed by atoms with Crippen molar-refractivity contribution in [2.45, 2.75) is 13.0 Å². The number of aliphatic hydroxyl groups is 2. The van der Waals surface area contributed by atoms with E-state index in [9.17, 15) is 14.7 Å². The number of aliphatic hydroxyl groups excluding tert-OH is 2. The Balaban J connectivity index is 2.05. The van der Waals surface area contributed by atoms with Crippen molar-refractivity contribution in [2.24, 2.45) is 0 Å². The molecule has 32 heavy (non-hydrogen) atoms. The van der Waals surface area contributed by atoms with Crippen molar-refractivity contribution in [3.05, 3.63) is 65.2 Å². The zero-order valence-electron chi connectivity index (χ0n) is 18.1. The molecular formula is C24H27NO7. The minimum absolute atomic E-state index is 0.00503. The molecule has 0 bridgehead atoms. The number of likely N-dealkylation sites (tertiary alicyclic amines) is 1.